The first-order chi connectivity index (χ1) is 9.04. The van der Waals surface area contributed by atoms with Gasteiger partial charge in [-0.1, -0.05) is 20.8 Å². The van der Waals surface area contributed by atoms with Gasteiger partial charge in [0.05, 0.1) is 5.52 Å². The third-order valence-electron chi connectivity index (χ3n) is 3.26. The quantitative estimate of drug-likeness (QED) is 0.904. The van der Waals surface area contributed by atoms with Crippen LogP contribution in [0.1, 0.15) is 26.3 Å². The van der Waals surface area contributed by atoms with Crippen molar-refractivity contribution >= 4 is 28.5 Å². The van der Waals surface area contributed by atoms with E-state index in [1.165, 1.54) is 21.6 Å². The molecule has 0 radical (unpaired) electrons. The number of anilines is 1. The molecule has 1 aliphatic rings. The lowest BCUT2D eigenvalue weighted by Gasteiger charge is -2.20. The molecule has 1 N–H and O–H groups in total. The molecule has 0 unspecified atom stereocenters. The summed E-state index contributed by atoms with van der Waals surface area (Å²) in [6.45, 7) is 7.59. The number of hydrogen-bond acceptors (Lipinski definition) is 4. The van der Waals surface area contributed by atoms with Crippen molar-refractivity contribution < 1.29 is 0 Å². The van der Waals surface area contributed by atoms with Gasteiger partial charge in [-0.05, 0) is 29.5 Å². The minimum atomic E-state index is 0.240. The molecule has 2 aromatic rings. The van der Waals surface area contributed by atoms with Gasteiger partial charge < -0.3 is 5.32 Å². The molecule has 19 heavy (non-hydrogen) atoms. The van der Waals surface area contributed by atoms with Crippen molar-refractivity contribution in [1.82, 2.24) is 9.97 Å². The van der Waals surface area contributed by atoms with E-state index in [1.54, 1.807) is 6.33 Å². The van der Waals surface area contributed by atoms with E-state index in [2.05, 4.69) is 48.2 Å². The van der Waals surface area contributed by atoms with Gasteiger partial charge >= 0.3 is 0 Å². The highest BCUT2D eigenvalue weighted by molar-refractivity contribution is 7.99. The summed E-state index contributed by atoms with van der Waals surface area (Å²) in [5.74, 6) is 2.15. The van der Waals surface area contributed by atoms with E-state index < -0.39 is 0 Å². The van der Waals surface area contributed by atoms with E-state index in [0.29, 0.717) is 0 Å². The minimum Gasteiger partial charge on any atom is -0.369 e. The van der Waals surface area contributed by atoms with E-state index in [9.17, 15) is 0 Å². The molecule has 0 aliphatic carbocycles. The number of thioether (sulfide) groups is 1. The summed E-state index contributed by atoms with van der Waals surface area (Å²) in [6.07, 6.45) is 2.77. The normalized spacial score (nSPS) is 14.7. The number of aromatic nitrogens is 2. The Hall–Kier alpha value is -1.29. The molecule has 2 heterocycles. The third kappa shape index (κ3) is 2.54. The van der Waals surface area contributed by atoms with Gasteiger partial charge in [0, 0.05) is 22.6 Å². The predicted molar refractivity (Wildman–Crippen MR) is 81.9 cm³/mol. The Morgan fingerprint density at radius 1 is 1.26 bits per heavy atom. The summed E-state index contributed by atoms with van der Waals surface area (Å²) in [6, 6.07) is 4.30. The molecule has 0 fully saturated rings. The Bertz CT molecular complexity index is 617. The Morgan fingerprint density at radius 3 is 2.89 bits per heavy atom. The lowest BCUT2D eigenvalue weighted by molar-refractivity contribution is 0.442. The standard InChI is InChI=1S/C15H19N3S/c1-15(2,3)8-16-14-13-10-6-7-19-12(10)5-4-11(13)17-9-18-14/h4-5,9H,6-8H2,1-3H3,(H,16,17,18). The van der Waals surface area contributed by atoms with Gasteiger partial charge in [0.2, 0.25) is 0 Å². The highest BCUT2D eigenvalue weighted by atomic mass is 32.2. The van der Waals surface area contributed by atoms with Gasteiger partial charge in [0.15, 0.2) is 0 Å². The number of benzene rings is 1. The Balaban J connectivity index is 2.07. The van der Waals surface area contributed by atoms with Crippen molar-refractivity contribution in [3.05, 3.63) is 24.0 Å². The van der Waals surface area contributed by atoms with Crippen LogP contribution < -0.4 is 5.32 Å². The van der Waals surface area contributed by atoms with Gasteiger partial charge in [-0.25, -0.2) is 9.97 Å². The highest BCUT2D eigenvalue weighted by Gasteiger charge is 2.19. The molecule has 0 atom stereocenters. The monoisotopic (exact) mass is 273 g/mol. The Kier molecular flexibility index (Phi) is 3.13. The summed E-state index contributed by atoms with van der Waals surface area (Å²) in [4.78, 5) is 10.2. The maximum atomic E-state index is 4.46. The largest absolute Gasteiger partial charge is 0.369 e. The van der Waals surface area contributed by atoms with E-state index in [0.717, 1.165) is 24.3 Å². The van der Waals surface area contributed by atoms with Crippen LogP contribution in [-0.4, -0.2) is 22.3 Å². The fourth-order valence-corrected chi connectivity index (χ4v) is 3.40. The van der Waals surface area contributed by atoms with Crippen molar-refractivity contribution in [2.24, 2.45) is 5.41 Å². The highest BCUT2D eigenvalue weighted by Crippen LogP contribution is 2.38. The molecule has 3 nitrogen and oxygen atoms in total. The smallest absolute Gasteiger partial charge is 0.137 e. The first-order valence-electron chi connectivity index (χ1n) is 6.68. The van der Waals surface area contributed by atoms with Crippen LogP contribution in [0.15, 0.2) is 23.4 Å². The van der Waals surface area contributed by atoms with Crippen LogP contribution in [0.25, 0.3) is 10.9 Å². The Labute approximate surface area is 118 Å². The lowest BCUT2D eigenvalue weighted by Crippen LogP contribution is -2.20. The molecule has 100 valence electrons. The molecular formula is C15H19N3S. The second-order valence-electron chi connectivity index (χ2n) is 6.17. The molecule has 0 saturated carbocycles. The van der Waals surface area contributed by atoms with Gasteiger partial charge in [0.25, 0.3) is 0 Å². The van der Waals surface area contributed by atoms with Crippen LogP contribution in [0, 0.1) is 5.41 Å². The number of fused-ring (bicyclic) bond motifs is 3. The molecule has 0 spiro atoms. The third-order valence-corrected chi connectivity index (χ3v) is 4.37. The maximum absolute atomic E-state index is 4.46. The maximum Gasteiger partial charge on any atom is 0.137 e. The first-order valence-corrected chi connectivity index (χ1v) is 7.66. The molecule has 1 aliphatic heterocycles. The van der Waals surface area contributed by atoms with Crippen LogP contribution in [0.4, 0.5) is 5.82 Å². The van der Waals surface area contributed by atoms with Crippen LogP contribution >= 0.6 is 11.8 Å². The molecule has 1 aromatic heterocycles. The van der Waals surface area contributed by atoms with Crippen molar-refractivity contribution in [3.63, 3.8) is 0 Å². The second kappa shape index (κ2) is 4.67. The topological polar surface area (TPSA) is 37.8 Å². The SMILES string of the molecule is CC(C)(C)CNc1ncnc2ccc3c(c12)CCS3. The van der Waals surface area contributed by atoms with Gasteiger partial charge in [-0.3, -0.25) is 0 Å². The average molecular weight is 273 g/mol. The number of rotatable bonds is 2. The van der Waals surface area contributed by atoms with E-state index in [1.807, 2.05) is 11.8 Å². The van der Waals surface area contributed by atoms with Gasteiger partial charge in [-0.15, -0.1) is 11.8 Å². The van der Waals surface area contributed by atoms with Crippen molar-refractivity contribution in [1.29, 1.82) is 0 Å². The molecule has 0 saturated heterocycles. The van der Waals surface area contributed by atoms with Gasteiger partial charge in [0.1, 0.15) is 12.1 Å². The van der Waals surface area contributed by atoms with Crippen LogP contribution in [-0.2, 0) is 6.42 Å². The van der Waals surface area contributed by atoms with Crippen LogP contribution in [0.5, 0.6) is 0 Å². The predicted octanol–water partition coefficient (Wildman–Crippen LogP) is 3.74. The lowest BCUT2D eigenvalue weighted by atomic mass is 9.97. The number of nitrogens with zero attached hydrogens (tertiary/aromatic N) is 2. The first kappa shape index (κ1) is 12.7. The van der Waals surface area contributed by atoms with E-state index >= 15 is 0 Å². The zero-order valence-corrected chi connectivity index (χ0v) is 12.5. The number of hydrogen-bond donors (Lipinski definition) is 1. The molecule has 0 amide bonds. The van der Waals surface area contributed by atoms with Crippen molar-refractivity contribution in [2.45, 2.75) is 32.1 Å². The second-order valence-corrected chi connectivity index (χ2v) is 7.31. The number of nitrogens with one attached hydrogen (secondary N) is 1. The van der Waals surface area contributed by atoms with Gasteiger partial charge in [-0.2, -0.15) is 0 Å². The van der Waals surface area contributed by atoms with Crippen molar-refractivity contribution in [3.8, 4) is 0 Å². The summed E-state index contributed by atoms with van der Waals surface area (Å²) in [7, 11) is 0. The van der Waals surface area contributed by atoms with E-state index in [4.69, 9.17) is 0 Å². The number of aryl methyl sites for hydroxylation is 1. The minimum absolute atomic E-state index is 0.240. The zero-order valence-electron chi connectivity index (χ0n) is 11.7. The molecule has 4 heteroatoms. The average Bonchev–Trinajstić information content (AvgIpc) is 2.83. The zero-order chi connectivity index (χ0) is 13.5. The molecule has 0 bridgehead atoms. The molecule has 1 aromatic carbocycles. The summed E-state index contributed by atoms with van der Waals surface area (Å²) in [5, 5.41) is 4.71. The molecule has 3 rings (SSSR count). The van der Waals surface area contributed by atoms with Crippen LogP contribution in [0.3, 0.4) is 0 Å². The summed E-state index contributed by atoms with van der Waals surface area (Å²) in [5.41, 5.74) is 2.71. The van der Waals surface area contributed by atoms with E-state index in [-0.39, 0.29) is 5.41 Å². The fraction of sp³-hybridized carbons (Fsp3) is 0.467. The summed E-state index contributed by atoms with van der Waals surface area (Å²) < 4.78 is 0. The molecular weight excluding hydrogens is 254 g/mol. The fourth-order valence-electron chi connectivity index (χ4n) is 2.33. The van der Waals surface area contributed by atoms with Crippen LogP contribution in [0.2, 0.25) is 0 Å². The Morgan fingerprint density at radius 2 is 2.11 bits per heavy atom. The summed E-state index contributed by atoms with van der Waals surface area (Å²) >= 11 is 1.93. The van der Waals surface area contributed by atoms with Crippen molar-refractivity contribution in [2.75, 3.05) is 17.6 Å².